The van der Waals surface area contributed by atoms with Gasteiger partial charge in [0.15, 0.2) is 0 Å². The van der Waals surface area contributed by atoms with Gasteiger partial charge < -0.3 is 18.6 Å². The third-order valence-corrected chi connectivity index (χ3v) is 12.7. The largest absolute Gasteiger partial charge is 0.333 e. The lowest BCUT2D eigenvalue weighted by Gasteiger charge is -2.31. The van der Waals surface area contributed by atoms with E-state index in [9.17, 15) is 0 Å². The van der Waals surface area contributed by atoms with Gasteiger partial charge in [0, 0.05) is 66.6 Å². The topological polar surface area (TPSA) is 18.0 Å². The van der Waals surface area contributed by atoms with Crippen molar-refractivity contribution in [3.63, 3.8) is 0 Å². The lowest BCUT2D eigenvalue weighted by Crippen LogP contribution is -2.31. The molecule has 272 valence electrons. The molecule has 0 saturated heterocycles. The minimum absolute atomic E-state index is 0.147. The Morgan fingerprint density at radius 1 is 0.379 bits per heavy atom. The van der Waals surface area contributed by atoms with Crippen molar-refractivity contribution >= 4 is 72.0 Å². The molecule has 0 bridgehead atoms. The van der Waals surface area contributed by atoms with Crippen LogP contribution in [0.15, 0.2) is 200 Å². The number of aromatic nitrogens is 3. The molecule has 13 rings (SSSR count). The van der Waals surface area contributed by atoms with Crippen LogP contribution in [0.4, 0.5) is 11.4 Å². The van der Waals surface area contributed by atoms with Gasteiger partial charge in [-0.15, -0.1) is 0 Å². The minimum atomic E-state index is 0.147. The number of hydrogen-bond acceptors (Lipinski definition) is 1. The Balaban J connectivity index is 1.07. The number of rotatable bonds is 4. The van der Waals surface area contributed by atoms with Crippen LogP contribution in [0.2, 0.25) is 0 Å². The predicted molar refractivity (Wildman–Crippen MR) is 242 cm³/mol. The summed E-state index contributed by atoms with van der Waals surface area (Å²) in [6.45, 7) is 0. The van der Waals surface area contributed by atoms with Crippen molar-refractivity contribution in [1.29, 1.82) is 0 Å². The van der Waals surface area contributed by atoms with E-state index < -0.39 is 0 Å². The van der Waals surface area contributed by atoms with Crippen LogP contribution in [0.25, 0.3) is 77.7 Å². The van der Waals surface area contributed by atoms with E-state index in [-0.39, 0.29) is 12.0 Å². The zero-order chi connectivity index (χ0) is 37.9. The monoisotopic (exact) mass is 740 g/mol. The summed E-state index contributed by atoms with van der Waals surface area (Å²) >= 11 is 0. The van der Waals surface area contributed by atoms with E-state index >= 15 is 0 Å². The molecule has 2 aliphatic rings. The van der Waals surface area contributed by atoms with E-state index in [4.69, 9.17) is 0 Å². The quantitative estimate of drug-likeness (QED) is 0.176. The highest BCUT2D eigenvalue weighted by Crippen LogP contribution is 2.53. The SMILES string of the molecule is C1=CC2C(c3ccccc3N2c2ccccc2)c2c1c1ccccc1n2-c1cccc(-n2c3ccccc3c3c2ccc2c4ccccc4n(-c4ccccc4)c23)c1. The van der Waals surface area contributed by atoms with E-state index in [0.29, 0.717) is 0 Å². The van der Waals surface area contributed by atoms with E-state index in [1.807, 2.05) is 0 Å². The third kappa shape index (κ3) is 4.24. The van der Waals surface area contributed by atoms with Gasteiger partial charge in [-0.3, -0.25) is 0 Å². The smallest absolute Gasteiger partial charge is 0.0650 e. The minimum Gasteiger partial charge on any atom is -0.333 e. The van der Waals surface area contributed by atoms with E-state index in [0.717, 1.165) is 17.1 Å². The summed E-state index contributed by atoms with van der Waals surface area (Å²) in [5.74, 6) is 0.147. The van der Waals surface area contributed by atoms with Crippen molar-refractivity contribution in [3.8, 4) is 17.1 Å². The van der Waals surface area contributed by atoms with Gasteiger partial charge in [-0.1, -0.05) is 133 Å². The van der Waals surface area contributed by atoms with Crippen LogP contribution < -0.4 is 4.90 Å². The molecule has 4 nitrogen and oxygen atoms in total. The molecule has 58 heavy (non-hydrogen) atoms. The Morgan fingerprint density at radius 3 is 1.74 bits per heavy atom. The van der Waals surface area contributed by atoms with Gasteiger partial charge in [0.1, 0.15) is 0 Å². The third-order valence-electron chi connectivity index (χ3n) is 12.7. The summed E-state index contributed by atoms with van der Waals surface area (Å²) in [6, 6.07) is 71.4. The number of fused-ring (bicyclic) bond motifs is 14. The van der Waals surface area contributed by atoms with Crippen LogP contribution in [-0.2, 0) is 0 Å². The Labute approximate surface area is 335 Å². The zero-order valence-electron chi connectivity index (χ0n) is 31.6. The number of nitrogens with zero attached hydrogens (tertiary/aromatic N) is 4. The number of hydrogen-bond donors (Lipinski definition) is 0. The maximum absolute atomic E-state index is 2.56. The van der Waals surface area contributed by atoms with Crippen molar-refractivity contribution < 1.29 is 0 Å². The molecule has 1 aliphatic heterocycles. The zero-order valence-corrected chi connectivity index (χ0v) is 31.6. The van der Waals surface area contributed by atoms with Crippen molar-refractivity contribution in [2.24, 2.45) is 0 Å². The Bertz CT molecular complexity index is 3470. The second-order valence-corrected chi connectivity index (χ2v) is 15.7. The summed E-state index contributed by atoms with van der Waals surface area (Å²) in [5.41, 5.74) is 16.0. The molecular formula is C54H36N4. The van der Waals surface area contributed by atoms with Gasteiger partial charge in [-0.05, 0) is 78.4 Å². The van der Waals surface area contributed by atoms with Crippen molar-refractivity contribution in [2.45, 2.75) is 12.0 Å². The van der Waals surface area contributed by atoms with Crippen LogP contribution in [0, 0.1) is 0 Å². The Morgan fingerprint density at radius 2 is 0.966 bits per heavy atom. The summed E-state index contributed by atoms with van der Waals surface area (Å²) in [5, 5.41) is 6.31. The van der Waals surface area contributed by atoms with E-state index in [2.05, 4.69) is 225 Å². The molecule has 2 atom stereocenters. The maximum atomic E-state index is 2.56. The van der Waals surface area contributed by atoms with E-state index in [1.54, 1.807) is 0 Å². The lowest BCUT2D eigenvalue weighted by atomic mass is 9.84. The van der Waals surface area contributed by atoms with Crippen LogP contribution >= 0.6 is 0 Å². The summed E-state index contributed by atoms with van der Waals surface area (Å²) < 4.78 is 7.49. The molecule has 2 unspecified atom stereocenters. The van der Waals surface area contributed by atoms with E-state index in [1.165, 1.54) is 82.7 Å². The van der Waals surface area contributed by atoms with Gasteiger partial charge in [-0.2, -0.15) is 0 Å². The Hall–Kier alpha value is -7.56. The molecular weight excluding hydrogens is 705 g/mol. The first-order valence-corrected chi connectivity index (χ1v) is 20.2. The van der Waals surface area contributed by atoms with Crippen LogP contribution in [0.1, 0.15) is 22.7 Å². The van der Waals surface area contributed by atoms with Gasteiger partial charge >= 0.3 is 0 Å². The van der Waals surface area contributed by atoms with Crippen molar-refractivity contribution in [3.05, 3.63) is 217 Å². The maximum Gasteiger partial charge on any atom is 0.0650 e. The van der Waals surface area contributed by atoms with Gasteiger partial charge in [0.05, 0.1) is 39.5 Å². The first-order chi connectivity index (χ1) is 28.8. The molecule has 0 radical (unpaired) electrons. The van der Waals surface area contributed by atoms with Gasteiger partial charge in [0.25, 0.3) is 0 Å². The summed E-state index contributed by atoms with van der Waals surface area (Å²) in [7, 11) is 0. The van der Waals surface area contributed by atoms with Crippen LogP contribution in [-0.4, -0.2) is 19.7 Å². The fraction of sp³-hybridized carbons (Fsp3) is 0.0370. The number of benzene rings is 8. The van der Waals surface area contributed by atoms with Crippen LogP contribution in [0.5, 0.6) is 0 Å². The molecule has 11 aromatic rings. The van der Waals surface area contributed by atoms with Crippen molar-refractivity contribution in [2.75, 3.05) is 4.90 Å². The number of para-hydroxylation sites is 6. The molecule has 4 heterocycles. The fourth-order valence-electron chi connectivity index (χ4n) is 10.5. The van der Waals surface area contributed by atoms with Gasteiger partial charge in [0.2, 0.25) is 0 Å². The Kier molecular flexibility index (Phi) is 6.53. The standard InChI is InChI=1S/C54H36N4/c1-3-16-35(17-4-1)55-47-28-13-9-24-43(47)51-49(55)32-30-42-40-23-8-12-27-46(40)58(54(42)51)38-21-15-20-37(34-38)56-48-29-14-10-25-44(48)52-50(56)33-31-41-39-22-7-11-26-45(39)57(53(41)52)36-18-5-2-6-19-36/h1-34,49,51H. The highest BCUT2D eigenvalue weighted by atomic mass is 15.2. The first-order valence-electron chi connectivity index (χ1n) is 20.2. The predicted octanol–water partition coefficient (Wildman–Crippen LogP) is 13.5. The van der Waals surface area contributed by atoms with Gasteiger partial charge in [-0.25, -0.2) is 0 Å². The second-order valence-electron chi connectivity index (χ2n) is 15.7. The summed E-state index contributed by atoms with van der Waals surface area (Å²) in [6.07, 6.45) is 4.81. The molecule has 4 heteroatoms. The average Bonchev–Trinajstić information content (AvgIpc) is 4.02. The second kappa shape index (κ2) is 12.0. The molecule has 8 aromatic carbocycles. The van der Waals surface area contributed by atoms with Crippen LogP contribution in [0.3, 0.4) is 0 Å². The number of anilines is 2. The molecule has 0 saturated carbocycles. The fourth-order valence-corrected chi connectivity index (χ4v) is 10.5. The summed E-state index contributed by atoms with van der Waals surface area (Å²) in [4.78, 5) is 2.53. The molecule has 0 amide bonds. The highest BCUT2D eigenvalue weighted by Gasteiger charge is 2.43. The molecule has 1 aliphatic carbocycles. The lowest BCUT2D eigenvalue weighted by molar-refractivity contribution is 0.693. The molecule has 0 spiro atoms. The molecule has 0 N–H and O–H groups in total. The first kappa shape index (κ1) is 31.6. The molecule has 0 fully saturated rings. The molecule has 3 aromatic heterocycles. The normalized spacial score (nSPS) is 15.8. The average molecular weight is 741 g/mol. The van der Waals surface area contributed by atoms with Crippen molar-refractivity contribution in [1.82, 2.24) is 13.7 Å². The highest BCUT2D eigenvalue weighted by molar-refractivity contribution is 6.26.